The minimum Gasteiger partial charge on any atom is -0.481 e. The summed E-state index contributed by atoms with van der Waals surface area (Å²) in [5.41, 5.74) is 10.7. The number of primary amides is 1. The van der Waals surface area contributed by atoms with Crippen molar-refractivity contribution in [1.82, 2.24) is 41.7 Å². The topological polar surface area (TPSA) is 396 Å². The fourth-order valence-corrected chi connectivity index (χ4v) is 7.73. The number of hydrogen-bond acceptors (Lipinski definition) is 14. The van der Waals surface area contributed by atoms with Crippen LogP contribution in [0, 0.1) is 17.8 Å². The van der Waals surface area contributed by atoms with Crippen molar-refractivity contribution in [3.63, 3.8) is 0 Å². The Morgan fingerprint density at radius 1 is 0.567 bits per heavy atom. The minimum atomic E-state index is -1.82. The van der Waals surface area contributed by atoms with Crippen LogP contribution >= 0.6 is 12.6 Å². The van der Waals surface area contributed by atoms with Gasteiger partial charge in [0.2, 0.25) is 53.2 Å². The van der Waals surface area contributed by atoms with Gasteiger partial charge in [0, 0.05) is 18.8 Å². The van der Waals surface area contributed by atoms with E-state index in [0.717, 1.165) is 0 Å². The molecule has 0 aromatic heterocycles. The van der Waals surface area contributed by atoms with Crippen LogP contribution in [0.25, 0.3) is 0 Å². The molecule has 2 heterocycles. The van der Waals surface area contributed by atoms with E-state index in [1.165, 1.54) is 9.80 Å². The minimum absolute atomic E-state index is 0.0314. The zero-order valence-corrected chi connectivity index (χ0v) is 39.3. The summed E-state index contributed by atoms with van der Waals surface area (Å²) in [6.45, 7) is 10.2. The first-order valence-electron chi connectivity index (χ1n) is 21.9. The summed E-state index contributed by atoms with van der Waals surface area (Å²) in [5, 5.41) is 42.7. The van der Waals surface area contributed by atoms with E-state index in [0.29, 0.717) is 12.8 Å². The third-order valence-electron chi connectivity index (χ3n) is 11.1. The first-order chi connectivity index (χ1) is 31.2. The highest BCUT2D eigenvalue weighted by molar-refractivity contribution is 7.80. The van der Waals surface area contributed by atoms with Crippen LogP contribution in [0.4, 0.5) is 0 Å². The lowest BCUT2D eigenvalue weighted by atomic mass is 9.98. The summed E-state index contributed by atoms with van der Waals surface area (Å²) in [7, 11) is 0. The molecule has 67 heavy (non-hydrogen) atoms. The van der Waals surface area contributed by atoms with E-state index in [9.17, 15) is 72.9 Å². The number of aliphatic carboxylic acids is 3. The zero-order valence-electron chi connectivity index (χ0n) is 38.4. The van der Waals surface area contributed by atoms with Crippen LogP contribution in [-0.4, -0.2) is 169 Å². The predicted octanol–water partition coefficient (Wildman–Crippen LogP) is -3.60. The molecule has 0 unspecified atom stereocenters. The summed E-state index contributed by atoms with van der Waals surface area (Å²) in [4.78, 5) is 157. The number of nitrogens with zero attached hydrogens (tertiary/aromatic N) is 2. The first-order valence-corrected chi connectivity index (χ1v) is 22.6. The highest BCUT2D eigenvalue weighted by Gasteiger charge is 2.43. The fourth-order valence-electron chi connectivity index (χ4n) is 7.56. The van der Waals surface area contributed by atoms with Gasteiger partial charge in [-0.25, -0.2) is 4.79 Å². The Hall–Kier alpha value is -6.05. The Labute approximate surface area is 392 Å². The second-order valence-electron chi connectivity index (χ2n) is 17.7. The zero-order chi connectivity index (χ0) is 51.0. The summed E-state index contributed by atoms with van der Waals surface area (Å²) in [6, 6.07) is -12.5. The maximum Gasteiger partial charge on any atom is 0.326 e. The van der Waals surface area contributed by atoms with E-state index in [2.05, 4.69) is 39.2 Å². The largest absolute Gasteiger partial charge is 0.481 e. The Morgan fingerprint density at radius 2 is 1.01 bits per heavy atom. The average Bonchev–Trinajstić information content (AvgIpc) is 3.93. The van der Waals surface area contributed by atoms with E-state index < -0.39 is 157 Å². The Morgan fingerprint density at radius 3 is 1.46 bits per heavy atom. The molecule has 0 saturated carbocycles. The molecule has 0 spiro atoms. The third-order valence-corrected chi connectivity index (χ3v) is 11.4. The van der Waals surface area contributed by atoms with Gasteiger partial charge in [0.05, 0.1) is 25.3 Å². The lowest BCUT2D eigenvalue weighted by molar-refractivity contribution is -0.146. The van der Waals surface area contributed by atoms with E-state index in [4.69, 9.17) is 11.5 Å². The molecule has 2 aliphatic heterocycles. The predicted molar refractivity (Wildman–Crippen MR) is 238 cm³/mol. The Kier molecular flexibility index (Phi) is 22.4. The van der Waals surface area contributed by atoms with E-state index in [1.807, 2.05) is 5.32 Å². The molecule has 2 rings (SSSR count). The Balaban J connectivity index is 2.29. The number of carboxylic acids is 3. The lowest BCUT2D eigenvalue weighted by Crippen LogP contribution is -2.61. The van der Waals surface area contributed by atoms with Crippen LogP contribution in [0.3, 0.4) is 0 Å². The number of rotatable bonds is 26. The van der Waals surface area contributed by atoms with Gasteiger partial charge in [-0.3, -0.25) is 52.7 Å². The smallest absolute Gasteiger partial charge is 0.326 e. The normalized spacial score (nSPS) is 19.0. The first kappa shape index (κ1) is 57.1. The van der Waals surface area contributed by atoms with Gasteiger partial charge >= 0.3 is 17.9 Å². The molecule has 2 saturated heterocycles. The van der Waals surface area contributed by atoms with Crippen molar-refractivity contribution in [2.45, 2.75) is 147 Å². The van der Waals surface area contributed by atoms with Gasteiger partial charge < -0.3 is 68.5 Å². The maximum atomic E-state index is 14.2. The number of nitrogens with one attached hydrogen (secondary N) is 6. The number of carboxylic acid groups (broad SMARTS) is 3. The Bertz CT molecular complexity index is 1880. The highest BCUT2D eigenvalue weighted by atomic mass is 32.1. The average molecular weight is 971 g/mol. The van der Waals surface area contributed by atoms with Crippen molar-refractivity contribution >= 4 is 83.7 Å². The molecule has 0 radical (unpaired) electrons. The molecule has 376 valence electrons. The standard InChI is InChI=1S/C41H66N10O15S/c1-18(2)13-24(39(63)50-11-7-9-26(50)36(60)45-22(15-29(53)54)34(58)47-25(41(65)66)14-28(43)52)46-38(62)31(19(3)4)48-37(61)27-10-8-12-51(27)40(64)32(20(5)6)49-35(59)23(16-30(55)56)44-33(57)21(42)17-67/h18-27,31-32,67H,7-17,42H2,1-6H3,(H2,43,52)(H,44,57)(H,45,60)(H,46,62)(H,47,58)(H,48,61)(H,49,59)(H,53,54)(H,55,56)(H,65,66)/t21-,22-,23-,24-,25-,26-,27-,31-,32-/m0/s1. The van der Waals surface area contributed by atoms with Crippen molar-refractivity contribution in [3.8, 4) is 0 Å². The summed E-state index contributed by atoms with van der Waals surface area (Å²) < 4.78 is 0. The van der Waals surface area contributed by atoms with Crippen LogP contribution < -0.4 is 43.4 Å². The highest BCUT2D eigenvalue weighted by Crippen LogP contribution is 2.23. The molecule has 0 aromatic rings. The van der Waals surface area contributed by atoms with Crippen molar-refractivity contribution in [1.29, 1.82) is 0 Å². The lowest BCUT2D eigenvalue weighted by Gasteiger charge is -2.33. The maximum absolute atomic E-state index is 14.2. The number of likely N-dealkylation sites (tertiary alicyclic amines) is 2. The molecule has 0 bridgehead atoms. The number of carbonyl (C=O) groups excluding carboxylic acids is 9. The van der Waals surface area contributed by atoms with Gasteiger partial charge in [0.1, 0.15) is 48.3 Å². The van der Waals surface area contributed by atoms with E-state index in [-0.39, 0.29) is 44.0 Å². The molecule has 26 heteroatoms. The fraction of sp³-hybridized carbons (Fsp3) is 0.707. The van der Waals surface area contributed by atoms with Crippen LogP contribution in [0.1, 0.15) is 92.9 Å². The number of nitrogens with two attached hydrogens (primary N) is 2. The molecule has 0 aromatic carbocycles. The molecule has 0 aliphatic carbocycles. The van der Waals surface area contributed by atoms with E-state index >= 15 is 0 Å². The number of carbonyl (C=O) groups is 12. The molecule has 2 aliphatic rings. The summed E-state index contributed by atoms with van der Waals surface area (Å²) in [6.07, 6.45) is -1.63. The number of amides is 9. The molecular weight excluding hydrogens is 905 g/mol. The van der Waals surface area contributed by atoms with Gasteiger partial charge in [-0.2, -0.15) is 12.6 Å². The summed E-state index contributed by atoms with van der Waals surface area (Å²) >= 11 is 3.94. The van der Waals surface area contributed by atoms with Crippen molar-refractivity contribution < 1.29 is 72.9 Å². The molecule has 25 nitrogen and oxygen atoms in total. The SMILES string of the molecule is CC(C)C[C@H](NC(=O)[C@@H](NC(=O)[C@@H]1CCCN1C(=O)[C@@H](NC(=O)[C@H](CC(=O)O)NC(=O)[C@@H](N)CS)C(C)C)C(C)C)C(=O)N1CCC[C@H]1C(=O)N[C@@H](CC(=O)O)C(=O)N[C@@H](CC(N)=O)C(=O)O. The van der Waals surface area contributed by atoms with Gasteiger partial charge in [0.25, 0.3) is 0 Å². The van der Waals surface area contributed by atoms with E-state index in [1.54, 1.807) is 41.5 Å². The van der Waals surface area contributed by atoms with Gasteiger partial charge in [0.15, 0.2) is 0 Å². The summed E-state index contributed by atoms with van der Waals surface area (Å²) in [5.74, 6) is -13.9. The third kappa shape index (κ3) is 17.3. The number of hydrogen-bond donors (Lipinski definition) is 12. The quantitative estimate of drug-likeness (QED) is 0.0373. The molecule has 13 N–H and O–H groups in total. The molecular formula is C41H66N10O15S. The van der Waals surface area contributed by atoms with Crippen molar-refractivity contribution in [2.24, 2.45) is 29.2 Å². The van der Waals surface area contributed by atoms with Gasteiger partial charge in [-0.15, -0.1) is 0 Å². The van der Waals surface area contributed by atoms with Crippen molar-refractivity contribution in [2.75, 3.05) is 18.8 Å². The van der Waals surface area contributed by atoms with Gasteiger partial charge in [-0.05, 0) is 49.9 Å². The number of thiol groups is 1. The second kappa shape index (κ2) is 26.3. The monoisotopic (exact) mass is 970 g/mol. The van der Waals surface area contributed by atoms with Gasteiger partial charge in [-0.1, -0.05) is 41.5 Å². The van der Waals surface area contributed by atoms with Crippen LogP contribution in [-0.2, 0) is 57.5 Å². The van der Waals surface area contributed by atoms with Crippen LogP contribution in [0.5, 0.6) is 0 Å². The van der Waals surface area contributed by atoms with Crippen LogP contribution in [0.2, 0.25) is 0 Å². The van der Waals surface area contributed by atoms with Crippen LogP contribution in [0.15, 0.2) is 0 Å². The molecule has 2 fully saturated rings. The second-order valence-corrected chi connectivity index (χ2v) is 18.1. The molecule has 9 amide bonds. The van der Waals surface area contributed by atoms with Crippen molar-refractivity contribution in [3.05, 3.63) is 0 Å². The molecule has 9 atom stereocenters.